The third kappa shape index (κ3) is 4.76. The van der Waals surface area contributed by atoms with Gasteiger partial charge in [0.2, 0.25) is 0 Å². The molecule has 0 bridgehead atoms. The fourth-order valence-electron chi connectivity index (χ4n) is 1.11. The zero-order valence-electron chi connectivity index (χ0n) is 9.65. The summed E-state index contributed by atoms with van der Waals surface area (Å²) in [6.07, 6.45) is -9.47. The van der Waals surface area contributed by atoms with E-state index in [0.29, 0.717) is 0 Å². The Bertz CT molecular complexity index is 533. The van der Waals surface area contributed by atoms with Gasteiger partial charge in [0.1, 0.15) is 0 Å². The molecule has 21 heavy (non-hydrogen) atoms. The Morgan fingerprint density at radius 3 is 2.24 bits per heavy atom. The molecule has 1 aromatic carbocycles. The number of alkyl halides is 7. The van der Waals surface area contributed by atoms with Crippen molar-refractivity contribution in [3.05, 3.63) is 22.7 Å². The summed E-state index contributed by atoms with van der Waals surface area (Å²) in [5, 5.41) is 1.27. The minimum atomic E-state index is -5.16. The summed E-state index contributed by atoms with van der Waals surface area (Å²) in [4.78, 5) is 11.0. The van der Waals surface area contributed by atoms with E-state index < -0.39 is 36.1 Å². The van der Waals surface area contributed by atoms with Gasteiger partial charge in [-0.05, 0) is 18.2 Å². The quantitative estimate of drug-likeness (QED) is 0.791. The van der Waals surface area contributed by atoms with Gasteiger partial charge in [0.15, 0.2) is 5.75 Å². The van der Waals surface area contributed by atoms with Crippen molar-refractivity contribution in [1.29, 1.82) is 0 Å². The molecule has 0 saturated carbocycles. The maximum Gasteiger partial charge on any atom is 0.573 e. The average molecular weight is 384 g/mol. The Kier molecular flexibility index (Phi) is 5.07. The molecule has 0 heterocycles. The van der Waals surface area contributed by atoms with Crippen LogP contribution in [-0.4, -0.2) is 24.6 Å². The third-order valence-electron chi connectivity index (χ3n) is 1.99. The summed E-state index contributed by atoms with van der Waals surface area (Å²) >= 11 is 2.80. The number of nitrogens with one attached hydrogen (secondary N) is 1. The number of carbonyl (C=O) groups excluding carboxylic acids is 1. The fourth-order valence-corrected chi connectivity index (χ4v) is 1.45. The van der Waals surface area contributed by atoms with Crippen LogP contribution in [0.4, 0.5) is 36.4 Å². The minimum Gasteiger partial charge on any atom is -0.404 e. The molecule has 1 aromatic rings. The lowest BCUT2D eigenvalue weighted by atomic mass is 10.2. The molecule has 0 aliphatic carbocycles. The third-order valence-corrected chi connectivity index (χ3v) is 2.49. The predicted molar refractivity (Wildman–Crippen MR) is 60.4 cm³/mol. The number of hydrogen-bond acceptors (Lipinski definition) is 2. The van der Waals surface area contributed by atoms with Crippen molar-refractivity contribution < 1.29 is 40.3 Å². The standard InChI is InChI=1S/C10H5BrF7NO2/c11-4-1-2-5(6(3-4)21-10(16,17)18)19-8(20)9(14,15)7(12)13/h1-3,7H,(H,19,20). The zero-order chi connectivity index (χ0) is 16.4. The molecule has 0 atom stereocenters. The summed E-state index contributed by atoms with van der Waals surface area (Å²) in [5.74, 6) is -8.54. The molecule has 1 N–H and O–H groups in total. The van der Waals surface area contributed by atoms with Crippen molar-refractivity contribution in [2.75, 3.05) is 5.32 Å². The number of ether oxygens (including phenoxy) is 1. The van der Waals surface area contributed by atoms with Gasteiger partial charge in [-0.1, -0.05) is 15.9 Å². The molecule has 0 fully saturated rings. The SMILES string of the molecule is O=C(Nc1ccc(Br)cc1OC(F)(F)F)C(F)(F)C(F)F. The van der Waals surface area contributed by atoms with Gasteiger partial charge in [-0.15, -0.1) is 13.2 Å². The first-order chi connectivity index (χ1) is 9.43. The first-order valence-corrected chi connectivity index (χ1v) is 5.75. The highest BCUT2D eigenvalue weighted by Crippen LogP contribution is 2.34. The highest BCUT2D eigenvalue weighted by molar-refractivity contribution is 9.10. The van der Waals surface area contributed by atoms with Crippen LogP contribution in [0.1, 0.15) is 0 Å². The van der Waals surface area contributed by atoms with Crippen LogP contribution >= 0.6 is 15.9 Å². The monoisotopic (exact) mass is 383 g/mol. The van der Waals surface area contributed by atoms with E-state index in [1.54, 1.807) is 0 Å². The smallest absolute Gasteiger partial charge is 0.404 e. The predicted octanol–water partition coefficient (Wildman–Crippen LogP) is 4.19. The van der Waals surface area contributed by atoms with E-state index in [1.165, 1.54) is 5.32 Å². The first kappa shape index (κ1) is 17.5. The lowest BCUT2D eigenvalue weighted by Gasteiger charge is -2.17. The Balaban J connectivity index is 3.06. The summed E-state index contributed by atoms with van der Waals surface area (Å²) in [6, 6.07) is 2.60. The maximum atomic E-state index is 12.7. The van der Waals surface area contributed by atoms with Gasteiger partial charge < -0.3 is 10.1 Å². The second-order valence-electron chi connectivity index (χ2n) is 3.57. The van der Waals surface area contributed by atoms with Crippen LogP contribution in [0, 0.1) is 0 Å². The van der Waals surface area contributed by atoms with E-state index in [1.807, 2.05) is 0 Å². The molecule has 0 spiro atoms. The number of rotatable bonds is 4. The summed E-state index contributed by atoms with van der Waals surface area (Å²) in [7, 11) is 0. The van der Waals surface area contributed by atoms with Gasteiger partial charge >= 0.3 is 24.6 Å². The van der Waals surface area contributed by atoms with Crippen molar-refractivity contribution >= 4 is 27.5 Å². The lowest BCUT2D eigenvalue weighted by Crippen LogP contribution is -2.41. The van der Waals surface area contributed by atoms with Crippen molar-refractivity contribution in [3.63, 3.8) is 0 Å². The molecule has 0 unspecified atom stereocenters. The Hall–Kier alpha value is -1.52. The molecule has 0 aromatic heterocycles. The molecule has 0 aliphatic rings. The first-order valence-electron chi connectivity index (χ1n) is 4.96. The topological polar surface area (TPSA) is 38.3 Å². The van der Waals surface area contributed by atoms with Gasteiger partial charge in [0, 0.05) is 4.47 Å². The number of amides is 1. The van der Waals surface area contributed by atoms with Crippen LogP contribution in [0.25, 0.3) is 0 Å². The van der Waals surface area contributed by atoms with Crippen LogP contribution in [0.2, 0.25) is 0 Å². The van der Waals surface area contributed by atoms with Crippen LogP contribution in [0.3, 0.4) is 0 Å². The number of carbonyl (C=O) groups is 1. The molecule has 1 rings (SSSR count). The van der Waals surface area contributed by atoms with Crippen LogP contribution in [-0.2, 0) is 4.79 Å². The van der Waals surface area contributed by atoms with E-state index in [-0.39, 0.29) is 4.47 Å². The highest BCUT2D eigenvalue weighted by Gasteiger charge is 2.49. The normalized spacial score (nSPS) is 12.4. The Labute approximate surface area is 121 Å². The van der Waals surface area contributed by atoms with Crippen LogP contribution < -0.4 is 10.1 Å². The van der Waals surface area contributed by atoms with Crippen molar-refractivity contribution in [2.45, 2.75) is 18.7 Å². The zero-order valence-corrected chi connectivity index (χ0v) is 11.2. The Morgan fingerprint density at radius 2 is 1.76 bits per heavy atom. The van der Waals surface area contributed by atoms with Gasteiger partial charge in [-0.3, -0.25) is 4.79 Å². The van der Waals surface area contributed by atoms with E-state index in [4.69, 9.17) is 0 Å². The largest absolute Gasteiger partial charge is 0.573 e. The number of halogens is 8. The molecule has 0 saturated heterocycles. The van der Waals surface area contributed by atoms with E-state index in [2.05, 4.69) is 20.7 Å². The fraction of sp³-hybridized carbons (Fsp3) is 0.300. The van der Waals surface area contributed by atoms with Gasteiger partial charge in [0.25, 0.3) is 0 Å². The van der Waals surface area contributed by atoms with E-state index in [9.17, 15) is 35.5 Å². The molecule has 0 aliphatic heterocycles. The molecule has 11 heteroatoms. The van der Waals surface area contributed by atoms with Crippen molar-refractivity contribution in [2.24, 2.45) is 0 Å². The molecule has 118 valence electrons. The average Bonchev–Trinajstić information content (AvgIpc) is 2.30. The second-order valence-corrected chi connectivity index (χ2v) is 4.48. The Morgan fingerprint density at radius 1 is 1.19 bits per heavy atom. The van der Waals surface area contributed by atoms with Gasteiger partial charge in [0.05, 0.1) is 5.69 Å². The molecular weight excluding hydrogens is 379 g/mol. The van der Waals surface area contributed by atoms with E-state index in [0.717, 1.165) is 18.2 Å². The summed E-state index contributed by atoms with van der Waals surface area (Å²) in [6.45, 7) is 0. The summed E-state index contributed by atoms with van der Waals surface area (Å²) < 4.78 is 89.4. The maximum absolute atomic E-state index is 12.7. The van der Waals surface area contributed by atoms with Crippen molar-refractivity contribution in [3.8, 4) is 5.75 Å². The number of benzene rings is 1. The highest BCUT2D eigenvalue weighted by atomic mass is 79.9. The molecule has 0 radical (unpaired) electrons. The molecule has 1 amide bonds. The minimum absolute atomic E-state index is 0.0837. The molecular formula is C10H5BrF7NO2. The van der Waals surface area contributed by atoms with Crippen LogP contribution in [0.5, 0.6) is 5.75 Å². The van der Waals surface area contributed by atoms with E-state index >= 15 is 0 Å². The molecule has 3 nitrogen and oxygen atoms in total. The second kappa shape index (κ2) is 6.08. The van der Waals surface area contributed by atoms with Gasteiger partial charge in [-0.25, -0.2) is 8.78 Å². The van der Waals surface area contributed by atoms with Gasteiger partial charge in [-0.2, -0.15) is 8.78 Å². The van der Waals surface area contributed by atoms with Crippen LogP contribution in [0.15, 0.2) is 22.7 Å². The lowest BCUT2D eigenvalue weighted by molar-refractivity contribution is -0.274. The number of hydrogen-bond donors (Lipinski definition) is 1. The number of anilines is 1. The van der Waals surface area contributed by atoms with Crippen molar-refractivity contribution in [1.82, 2.24) is 0 Å². The summed E-state index contributed by atoms with van der Waals surface area (Å²) in [5.41, 5.74) is -0.833.